The van der Waals surface area contributed by atoms with E-state index in [4.69, 9.17) is 4.42 Å². The molecular formula is C12H17N5O2. The Morgan fingerprint density at radius 2 is 2.26 bits per heavy atom. The molecular weight excluding hydrogens is 246 g/mol. The number of anilines is 1. The first kappa shape index (κ1) is 13.3. The van der Waals surface area contributed by atoms with E-state index in [1.807, 2.05) is 19.9 Å². The molecule has 19 heavy (non-hydrogen) atoms. The number of carbonyl (C=O) groups is 1. The van der Waals surface area contributed by atoms with Crippen LogP contribution in [0.1, 0.15) is 31.9 Å². The van der Waals surface area contributed by atoms with Crippen LogP contribution in [0.15, 0.2) is 10.5 Å². The highest BCUT2D eigenvalue weighted by molar-refractivity contribution is 5.88. The van der Waals surface area contributed by atoms with Gasteiger partial charge in [0.15, 0.2) is 0 Å². The second-order valence-electron chi connectivity index (χ2n) is 4.36. The number of amides is 1. The van der Waals surface area contributed by atoms with Gasteiger partial charge in [0, 0.05) is 13.5 Å². The van der Waals surface area contributed by atoms with Crippen LogP contribution in [0.2, 0.25) is 0 Å². The first-order valence-electron chi connectivity index (χ1n) is 6.24. The first-order chi connectivity index (χ1) is 9.10. The van der Waals surface area contributed by atoms with Crippen molar-refractivity contribution >= 4 is 11.9 Å². The summed E-state index contributed by atoms with van der Waals surface area (Å²) in [5.74, 6) is 0.229. The van der Waals surface area contributed by atoms with Gasteiger partial charge in [-0.2, -0.15) is 5.10 Å². The summed E-state index contributed by atoms with van der Waals surface area (Å²) < 4.78 is 7.06. The molecule has 0 aliphatic rings. The third kappa shape index (κ3) is 3.18. The Bertz CT molecular complexity index is 572. The number of rotatable bonds is 5. The topological polar surface area (TPSA) is 85.8 Å². The molecule has 0 saturated carbocycles. The van der Waals surface area contributed by atoms with Gasteiger partial charge in [-0.15, -0.1) is 5.10 Å². The van der Waals surface area contributed by atoms with Crippen molar-refractivity contribution in [1.29, 1.82) is 0 Å². The van der Waals surface area contributed by atoms with Crippen molar-refractivity contribution in [3.05, 3.63) is 11.8 Å². The van der Waals surface area contributed by atoms with Gasteiger partial charge in [0.25, 0.3) is 5.89 Å². The number of aryl methyl sites for hydroxylation is 2. The second kappa shape index (κ2) is 5.64. The van der Waals surface area contributed by atoms with Crippen LogP contribution in [0, 0.1) is 6.92 Å². The normalized spacial score (nSPS) is 10.7. The standard InChI is InChI=1S/C12H17N5O2/c1-4-5-6-10(18)13-12-15-14-11(19-12)9-7-8(2)16-17(9)3/h7H,4-6H2,1-3H3,(H,13,15,18). The van der Waals surface area contributed by atoms with Gasteiger partial charge in [0.05, 0.1) is 5.69 Å². The molecule has 0 aromatic carbocycles. The SMILES string of the molecule is CCCCC(=O)Nc1nnc(-c2cc(C)nn2C)o1. The molecule has 2 rings (SSSR count). The molecule has 0 fully saturated rings. The molecule has 0 unspecified atom stereocenters. The van der Waals surface area contributed by atoms with E-state index in [0.29, 0.717) is 12.3 Å². The fourth-order valence-electron chi connectivity index (χ4n) is 1.71. The predicted octanol–water partition coefficient (Wildman–Crippen LogP) is 1.91. The summed E-state index contributed by atoms with van der Waals surface area (Å²) in [6.07, 6.45) is 2.27. The minimum absolute atomic E-state index is 0.113. The highest BCUT2D eigenvalue weighted by Crippen LogP contribution is 2.20. The van der Waals surface area contributed by atoms with Crippen LogP contribution in [0.4, 0.5) is 6.01 Å². The number of carbonyl (C=O) groups excluding carboxylic acids is 1. The van der Waals surface area contributed by atoms with Gasteiger partial charge >= 0.3 is 6.01 Å². The number of unbranched alkanes of at least 4 members (excludes halogenated alkanes) is 1. The Labute approximate surface area is 111 Å². The van der Waals surface area contributed by atoms with Crippen molar-refractivity contribution in [3.8, 4) is 11.6 Å². The summed E-state index contributed by atoms with van der Waals surface area (Å²) in [6.45, 7) is 3.91. The zero-order valence-electron chi connectivity index (χ0n) is 11.3. The van der Waals surface area contributed by atoms with Gasteiger partial charge in [0.2, 0.25) is 5.91 Å². The number of hydrogen-bond donors (Lipinski definition) is 1. The summed E-state index contributed by atoms with van der Waals surface area (Å²) in [5, 5.41) is 14.5. The minimum atomic E-state index is -0.113. The molecule has 2 aromatic heterocycles. The summed E-state index contributed by atoms with van der Waals surface area (Å²) >= 11 is 0. The molecule has 7 heteroatoms. The zero-order valence-corrected chi connectivity index (χ0v) is 11.3. The number of aromatic nitrogens is 4. The van der Waals surface area contributed by atoms with E-state index in [1.165, 1.54) is 0 Å². The smallest absolute Gasteiger partial charge is 0.322 e. The average Bonchev–Trinajstić information content (AvgIpc) is 2.93. The van der Waals surface area contributed by atoms with Gasteiger partial charge < -0.3 is 4.42 Å². The third-order valence-electron chi connectivity index (χ3n) is 2.65. The molecule has 0 radical (unpaired) electrons. The first-order valence-corrected chi connectivity index (χ1v) is 6.24. The highest BCUT2D eigenvalue weighted by Gasteiger charge is 2.14. The van der Waals surface area contributed by atoms with Crippen molar-refractivity contribution in [2.75, 3.05) is 5.32 Å². The molecule has 2 heterocycles. The number of nitrogens with zero attached hydrogens (tertiary/aromatic N) is 4. The minimum Gasteiger partial charge on any atom is -0.401 e. The molecule has 0 bridgehead atoms. The number of hydrogen-bond acceptors (Lipinski definition) is 5. The van der Waals surface area contributed by atoms with Crippen LogP contribution in [0.3, 0.4) is 0 Å². The Balaban J connectivity index is 2.07. The van der Waals surface area contributed by atoms with Crippen molar-refractivity contribution in [2.45, 2.75) is 33.1 Å². The predicted molar refractivity (Wildman–Crippen MR) is 69.4 cm³/mol. The lowest BCUT2D eigenvalue weighted by Gasteiger charge is -1.98. The lowest BCUT2D eigenvalue weighted by Crippen LogP contribution is -2.11. The summed E-state index contributed by atoms with van der Waals surface area (Å²) in [7, 11) is 1.80. The quantitative estimate of drug-likeness (QED) is 0.890. The molecule has 0 saturated heterocycles. The van der Waals surface area contributed by atoms with Crippen LogP contribution in [-0.4, -0.2) is 25.9 Å². The molecule has 0 aliphatic carbocycles. The van der Waals surface area contributed by atoms with E-state index in [-0.39, 0.29) is 11.9 Å². The van der Waals surface area contributed by atoms with Crippen molar-refractivity contribution in [3.63, 3.8) is 0 Å². The maximum Gasteiger partial charge on any atom is 0.322 e. The third-order valence-corrected chi connectivity index (χ3v) is 2.65. The Hall–Kier alpha value is -2.18. The van der Waals surface area contributed by atoms with Crippen LogP contribution in [0.5, 0.6) is 0 Å². The maximum absolute atomic E-state index is 11.5. The molecule has 0 atom stereocenters. The molecule has 0 spiro atoms. The number of nitrogens with one attached hydrogen (secondary N) is 1. The van der Waals surface area contributed by atoms with Crippen LogP contribution >= 0.6 is 0 Å². The van der Waals surface area contributed by atoms with E-state index >= 15 is 0 Å². The lowest BCUT2D eigenvalue weighted by molar-refractivity contribution is -0.116. The largest absolute Gasteiger partial charge is 0.401 e. The fraction of sp³-hybridized carbons (Fsp3) is 0.500. The van der Waals surface area contributed by atoms with E-state index in [2.05, 4.69) is 20.6 Å². The molecule has 1 N–H and O–H groups in total. The lowest BCUT2D eigenvalue weighted by atomic mass is 10.2. The van der Waals surface area contributed by atoms with Gasteiger partial charge in [-0.1, -0.05) is 18.4 Å². The van der Waals surface area contributed by atoms with Gasteiger partial charge in [-0.25, -0.2) is 0 Å². The van der Waals surface area contributed by atoms with E-state index in [1.54, 1.807) is 11.7 Å². The van der Waals surface area contributed by atoms with E-state index in [0.717, 1.165) is 24.2 Å². The van der Waals surface area contributed by atoms with Crippen molar-refractivity contribution < 1.29 is 9.21 Å². The van der Waals surface area contributed by atoms with Crippen LogP contribution < -0.4 is 5.32 Å². The van der Waals surface area contributed by atoms with Gasteiger partial charge in [0.1, 0.15) is 5.69 Å². The molecule has 0 aliphatic heterocycles. The summed E-state index contributed by atoms with van der Waals surface area (Å²) in [4.78, 5) is 11.5. The summed E-state index contributed by atoms with van der Waals surface area (Å²) in [6, 6.07) is 1.96. The summed E-state index contributed by atoms with van der Waals surface area (Å²) in [5.41, 5.74) is 1.59. The van der Waals surface area contributed by atoms with Crippen LogP contribution in [0.25, 0.3) is 11.6 Å². The Morgan fingerprint density at radius 1 is 1.47 bits per heavy atom. The fourth-order valence-corrected chi connectivity index (χ4v) is 1.71. The van der Waals surface area contributed by atoms with Crippen LogP contribution in [-0.2, 0) is 11.8 Å². The van der Waals surface area contributed by atoms with Gasteiger partial charge in [-0.05, 0) is 19.4 Å². The highest BCUT2D eigenvalue weighted by atomic mass is 16.4. The Morgan fingerprint density at radius 3 is 2.89 bits per heavy atom. The van der Waals surface area contributed by atoms with Gasteiger partial charge in [-0.3, -0.25) is 14.8 Å². The van der Waals surface area contributed by atoms with Crippen molar-refractivity contribution in [2.24, 2.45) is 7.05 Å². The monoisotopic (exact) mass is 263 g/mol. The van der Waals surface area contributed by atoms with E-state index < -0.39 is 0 Å². The zero-order chi connectivity index (χ0) is 13.8. The molecule has 1 amide bonds. The second-order valence-corrected chi connectivity index (χ2v) is 4.36. The maximum atomic E-state index is 11.5. The van der Waals surface area contributed by atoms with E-state index in [9.17, 15) is 4.79 Å². The molecule has 2 aromatic rings. The van der Waals surface area contributed by atoms with Crippen molar-refractivity contribution in [1.82, 2.24) is 20.0 Å². The average molecular weight is 263 g/mol. The Kier molecular flexibility index (Phi) is 3.94. The molecule has 102 valence electrons. The molecule has 7 nitrogen and oxygen atoms in total.